The molecule has 1 aromatic carbocycles. The van der Waals surface area contributed by atoms with E-state index in [-0.39, 0.29) is 11.4 Å². The molecule has 2 aromatic rings. The molecule has 0 amide bonds. The van der Waals surface area contributed by atoms with Crippen LogP contribution in [-0.4, -0.2) is 16.1 Å². The number of hydrogen-bond acceptors (Lipinski definition) is 2. The van der Waals surface area contributed by atoms with Crippen LogP contribution in [0.25, 0.3) is 11.3 Å². The third-order valence-electron chi connectivity index (χ3n) is 2.37. The Hall–Kier alpha value is -2.30. The van der Waals surface area contributed by atoms with Gasteiger partial charge in [-0.2, -0.15) is 0 Å². The standard InChI is InChI=1S/C13H9F2NO2/c14-9-6-10(15)13(8-4-2-1-3-5-8)16-11(9)7-12(17)18/h1-6H,7H2,(H,17,18). The van der Waals surface area contributed by atoms with Gasteiger partial charge in [-0.15, -0.1) is 0 Å². The average molecular weight is 249 g/mol. The van der Waals surface area contributed by atoms with E-state index in [4.69, 9.17) is 5.11 Å². The first-order valence-corrected chi connectivity index (χ1v) is 5.20. The van der Waals surface area contributed by atoms with Crippen molar-refractivity contribution in [3.8, 4) is 11.3 Å². The lowest BCUT2D eigenvalue weighted by Gasteiger charge is -2.06. The lowest BCUT2D eigenvalue weighted by Crippen LogP contribution is -2.07. The Kier molecular flexibility index (Phi) is 3.32. The van der Waals surface area contributed by atoms with E-state index >= 15 is 0 Å². The van der Waals surface area contributed by atoms with Crippen LogP contribution in [0.4, 0.5) is 8.78 Å². The van der Waals surface area contributed by atoms with Crippen LogP contribution in [0, 0.1) is 11.6 Å². The van der Waals surface area contributed by atoms with Crippen LogP contribution in [0.2, 0.25) is 0 Å². The summed E-state index contributed by atoms with van der Waals surface area (Å²) >= 11 is 0. The molecule has 0 unspecified atom stereocenters. The predicted molar refractivity (Wildman–Crippen MR) is 60.9 cm³/mol. The van der Waals surface area contributed by atoms with Crippen molar-refractivity contribution in [3.63, 3.8) is 0 Å². The molecule has 0 aliphatic carbocycles. The summed E-state index contributed by atoms with van der Waals surface area (Å²) in [6.45, 7) is 0. The lowest BCUT2D eigenvalue weighted by atomic mass is 10.1. The Labute approximate surface area is 102 Å². The Bertz CT molecular complexity index is 585. The highest BCUT2D eigenvalue weighted by Gasteiger charge is 2.15. The van der Waals surface area contributed by atoms with Crippen LogP contribution in [0.5, 0.6) is 0 Å². The Morgan fingerprint density at radius 2 is 1.83 bits per heavy atom. The van der Waals surface area contributed by atoms with Crippen molar-refractivity contribution < 1.29 is 18.7 Å². The van der Waals surface area contributed by atoms with Crippen LogP contribution in [0.3, 0.4) is 0 Å². The molecule has 1 N–H and O–H groups in total. The summed E-state index contributed by atoms with van der Waals surface area (Å²) in [5.74, 6) is -2.98. The highest BCUT2D eigenvalue weighted by atomic mass is 19.1. The lowest BCUT2D eigenvalue weighted by molar-refractivity contribution is -0.136. The molecule has 0 radical (unpaired) electrons. The maximum Gasteiger partial charge on any atom is 0.309 e. The Morgan fingerprint density at radius 3 is 2.44 bits per heavy atom. The van der Waals surface area contributed by atoms with E-state index in [1.54, 1.807) is 30.3 Å². The smallest absolute Gasteiger partial charge is 0.309 e. The van der Waals surface area contributed by atoms with Gasteiger partial charge in [0.25, 0.3) is 0 Å². The summed E-state index contributed by atoms with van der Waals surface area (Å²) < 4.78 is 26.9. The SMILES string of the molecule is O=C(O)Cc1nc(-c2ccccc2)c(F)cc1F. The minimum Gasteiger partial charge on any atom is -0.481 e. The minimum atomic E-state index is -1.22. The molecule has 1 heterocycles. The topological polar surface area (TPSA) is 50.2 Å². The normalized spacial score (nSPS) is 10.3. The molecular weight excluding hydrogens is 240 g/mol. The number of hydrogen-bond donors (Lipinski definition) is 1. The van der Waals surface area contributed by atoms with Crippen molar-refractivity contribution in [2.24, 2.45) is 0 Å². The zero-order chi connectivity index (χ0) is 13.1. The van der Waals surface area contributed by atoms with Gasteiger partial charge in [0.2, 0.25) is 0 Å². The number of halogens is 2. The fourth-order valence-corrected chi connectivity index (χ4v) is 1.57. The van der Waals surface area contributed by atoms with E-state index in [1.807, 2.05) is 0 Å². The van der Waals surface area contributed by atoms with Gasteiger partial charge in [-0.3, -0.25) is 4.79 Å². The van der Waals surface area contributed by atoms with E-state index in [0.29, 0.717) is 11.6 Å². The van der Waals surface area contributed by atoms with E-state index in [9.17, 15) is 13.6 Å². The van der Waals surface area contributed by atoms with Gasteiger partial charge in [0.05, 0.1) is 12.1 Å². The second-order valence-electron chi connectivity index (χ2n) is 3.68. The third kappa shape index (κ3) is 2.51. The molecule has 92 valence electrons. The number of pyridine rings is 1. The fraction of sp³-hybridized carbons (Fsp3) is 0.0769. The first kappa shape index (κ1) is 12.2. The Morgan fingerprint density at radius 1 is 1.17 bits per heavy atom. The van der Waals surface area contributed by atoms with Gasteiger partial charge in [-0.25, -0.2) is 13.8 Å². The van der Waals surface area contributed by atoms with Gasteiger partial charge < -0.3 is 5.11 Å². The summed E-state index contributed by atoms with van der Waals surface area (Å²) in [5.41, 5.74) is 0.151. The van der Waals surface area contributed by atoms with E-state index in [0.717, 1.165) is 0 Å². The molecule has 0 aliphatic heterocycles. The number of aromatic nitrogens is 1. The van der Waals surface area contributed by atoms with Gasteiger partial charge >= 0.3 is 5.97 Å². The number of carboxylic acids is 1. The van der Waals surface area contributed by atoms with E-state index < -0.39 is 24.0 Å². The van der Waals surface area contributed by atoms with Crippen LogP contribution < -0.4 is 0 Å². The van der Waals surface area contributed by atoms with Crippen LogP contribution in [-0.2, 0) is 11.2 Å². The van der Waals surface area contributed by atoms with Crippen molar-refractivity contribution in [2.45, 2.75) is 6.42 Å². The van der Waals surface area contributed by atoms with Crippen molar-refractivity contribution in [2.75, 3.05) is 0 Å². The van der Waals surface area contributed by atoms with Crippen molar-refractivity contribution in [1.29, 1.82) is 0 Å². The average Bonchev–Trinajstić information content (AvgIpc) is 2.33. The molecule has 1 aromatic heterocycles. The largest absolute Gasteiger partial charge is 0.481 e. The summed E-state index contributed by atoms with van der Waals surface area (Å²) in [7, 11) is 0. The maximum absolute atomic E-state index is 13.6. The summed E-state index contributed by atoms with van der Waals surface area (Å²) in [5, 5.41) is 8.62. The number of rotatable bonds is 3. The molecular formula is C13H9F2NO2. The quantitative estimate of drug-likeness (QED) is 0.909. The van der Waals surface area contributed by atoms with Crippen LogP contribution in [0.15, 0.2) is 36.4 Å². The molecule has 0 saturated heterocycles. The highest BCUT2D eigenvalue weighted by molar-refractivity contribution is 5.70. The molecule has 18 heavy (non-hydrogen) atoms. The molecule has 0 aliphatic rings. The summed E-state index contributed by atoms with van der Waals surface area (Å²) in [4.78, 5) is 14.3. The molecule has 3 nitrogen and oxygen atoms in total. The van der Waals surface area contributed by atoms with Crippen molar-refractivity contribution in [1.82, 2.24) is 4.98 Å². The van der Waals surface area contributed by atoms with Gasteiger partial charge in [-0.05, 0) is 0 Å². The van der Waals surface area contributed by atoms with Crippen molar-refractivity contribution in [3.05, 3.63) is 53.7 Å². The van der Waals surface area contributed by atoms with E-state index in [1.165, 1.54) is 0 Å². The molecule has 0 saturated carbocycles. The van der Waals surface area contributed by atoms with E-state index in [2.05, 4.69) is 4.98 Å². The molecule has 0 bridgehead atoms. The maximum atomic E-state index is 13.6. The number of aliphatic carboxylic acids is 1. The number of carbonyl (C=O) groups is 1. The zero-order valence-corrected chi connectivity index (χ0v) is 9.23. The summed E-state index contributed by atoms with van der Waals surface area (Å²) in [6, 6.07) is 9.03. The van der Waals surface area contributed by atoms with Crippen LogP contribution in [0.1, 0.15) is 5.69 Å². The van der Waals surface area contributed by atoms with Crippen LogP contribution >= 0.6 is 0 Å². The molecule has 0 spiro atoms. The zero-order valence-electron chi connectivity index (χ0n) is 9.23. The first-order valence-electron chi connectivity index (χ1n) is 5.20. The van der Waals surface area contributed by atoms with Gasteiger partial charge in [0.15, 0.2) is 5.82 Å². The first-order chi connectivity index (χ1) is 8.58. The second kappa shape index (κ2) is 4.91. The second-order valence-corrected chi connectivity index (χ2v) is 3.68. The molecule has 5 heteroatoms. The molecule has 2 rings (SSSR count). The highest BCUT2D eigenvalue weighted by Crippen LogP contribution is 2.22. The fourth-order valence-electron chi connectivity index (χ4n) is 1.57. The molecule has 0 fully saturated rings. The van der Waals surface area contributed by atoms with Gasteiger partial charge in [0.1, 0.15) is 11.5 Å². The van der Waals surface area contributed by atoms with Gasteiger partial charge in [0, 0.05) is 11.6 Å². The minimum absolute atomic E-state index is 0.0479. The molecule has 0 atom stereocenters. The summed E-state index contributed by atoms with van der Waals surface area (Å²) in [6.07, 6.45) is -0.577. The van der Waals surface area contributed by atoms with Crippen molar-refractivity contribution >= 4 is 5.97 Å². The monoisotopic (exact) mass is 249 g/mol. The Balaban J connectivity index is 2.51. The number of carboxylic acid groups (broad SMARTS) is 1. The third-order valence-corrected chi connectivity index (χ3v) is 2.37. The predicted octanol–water partition coefficient (Wildman–Crippen LogP) is 2.65. The number of benzene rings is 1. The number of nitrogens with zero attached hydrogens (tertiary/aromatic N) is 1. The van der Waals surface area contributed by atoms with Gasteiger partial charge in [-0.1, -0.05) is 30.3 Å².